The first-order chi connectivity index (χ1) is 8.34. The first-order valence-corrected chi connectivity index (χ1v) is 6.14. The van der Waals surface area contributed by atoms with Gasteiger partial charge in [0.15, 0.2) is 0 Å². The van der Waals surface area contributed by atoms with Crippen molar-refractivity contribution in [2.45, 2.75) is 25.2 Å². The first-order valence-electron chi connectivity index (χ1n) is 6.14. The third-order valence-electron chi connectivity index (χ3n) is 3.56. The van der Waals surface area contributed by atoms with Crippen LogP contribution in [0.5, 0.6) is 0 Å². The van der Waals surface area contributed by atoms with Crippen LogP contribution in [0, 0.1) is 0 Å². The molecule has 2 aromatic rings. The van der Waals surface area contributed by atoms with Gasteiger partial charge in [0.2, 0.25) is 0 Å². The van der Waals surface area contributed by atoms with E-state index in [2.05, 4.69) is 35.3 Å². The van der Waals surface area contributed by atoms with Crippen LogP contribution in [-0.4, -0.2) is 4.98 Å². The van der Waals surface area contributed by atoms with Crippen LogP contribution in [0.2, 0.25) is 0 Å². The summed E-state index contributed by atoms with van der Waals surface area (Å²) in [7, 11) is 0. The van der Waals surface area contributed by atoms with Gasteiger partial charge in [-0.3, -0.25) is 0 Å². The summed E-state index contributed by atoms with van der Waals surface area (Å²) in [4.78, 5) is 4.25. The Hall–Kier alpha value is -1.83. The quantitative estimate of drug-likeness (QED) is 0.808. The highest BCUT2D eigenvalue weighted by Crippen LogP contribution is 2.36. The van der Waals surface area contributed by atoms with Crippen LogP contribution in [0.1, 0.15) is 35.4 Å². The zero-order chi connectivity index (χ0) is 11.7. The fraction of sp³-hybridized carbons (Fsp3) is 0.267. The monoisotopic (exact) mass is 224 g/mol. The molecule has 0 unspecified atom stereocenters. The minimum atomic E-state index is 0.494. The number of aromatic nitrogens is 1. The largest absolute Gasteiger partial charge is 0.384 e. The van der Waals surface area contributed by atoms with Crippen molar-refractivity contribution >= 4 is 5.82 Å². The van der Waals surface area contributed by atoms with E-state index >= 15 is 0 Å². The van der Waals surface area contributed by atoms with E-state index < -0.39 is 0 Å². The van der Waals surface area contributed by atoms with Crippen LogP contribution in [0.15, 0.2) is 42.6 Å². The Balaban J connectivity index is 2.06. The van der Waals surface area contributed by atoms with Crippen molar-refractivity contribution in [3.63, 3.8) is 0 Å². The number of hydrogen-bond donors (Lipinski definition) is 1. The zero-order valence-electron chi connectivity index (χ0n) is 9.76. The summed E-state index contributed by atoms with van der Waals surface area (Å²) in [5.74, 6) is 1.13. The fourth-order valence-electron chi connectivity index (χ4n) is 2.74. The molecule has 0 spiro atoms. The van der Waals surface area contributed by atoms with E-state index in [1.807, 2.05) is 12.3 Å². The van der Waals surface area contributed by atoms with Gasteiger partial charge in [-0.15, -0.1) is 0 Å². The summed E-state index contributed by atoms with van der Waals surface area (Å²) in [6.07, 6.45) is 5.53. The van der Waals surface area contributed by atoms with Crippen molar-refractivity contribution in [1.29, 1.82) is 0 Å². The molecular weight excluding hydrogens is 208 g/mol. The van der Waals surface area contributed by atoms with E-state index in [1.54, 1.807) is 0 Å². The molecule has 2 heteroatoms. The maximum absolute atomic E-state index is 5.75. The van der Waals surface area contributed by atoms with Gasteiger partial charge in [-0.25, -0.2) is 4.98 Å². The van der Waals surface area contributed by atoms with Crippen molar-refractivity contribution in [1.82, 2.24) is 4.98 Å². The molecule has 0 saturated carbocycles. The van der Waals surface area contributed by atoms with E-state index in [1.165, 1.54) is 29.5 Å². The van der Waals surface area contributed by atoms with Crippen LogP contribution in [0.25, 0.3) is 0 Å². The third kappa shape index (κ3) is 1.91. The molecule has 2 nitrogen and oxygen atoms in total. The van der Waals surface area contributed by atoms with E-state index in [9.17, 15) is 0 Å². The van der Waals surface area contributed by atoms with Gasteiger partial charge in [0.1, 0.15) is 5.82 Å². The normalized spacial score (nSPS) is 18.7. The molecule has 2 N–H and O–H groups in total. The van der Waals surface area contributed by atoms with Gasteiger partial charge in [-0.1, -0.05) is 30.3 Å². The molecular formula is C15H16N2. The summed E-state index contributed by atoms with van der Waals surface area (Å²) in [6.45, 7) is 0. The standard InChI is InChI=1S/C15H16N2/c16-15-9-12-7-4-8-13(14(12)10-17-15)11-5-2-1-3-6-11/h1-3,5-6,9-10,13H,4,7-8H2,(H2,16,17)/t13-/m0/s1. The fourth-order valence-corrected chi connectivity index (χ4v) is 2.74. The smallest absolute Gasteiger partial charge is 0.123 e. The Bertz CT molecular complexity index is 520. The van der Waals surface area contributed by atoms with E-state index in [0.29, 0.717) is 11.7 Å². The highest BCUT2D eigenvalue weighted by Gasteiger charge is 2.21. The number of aryl methyl sites for hydroxylation is 1. The van der Waals surface area contributed by atoms with Gasteiger partial charge in [0.25, 0.3) is 0 Å². The Morgan fingerprint density at radius 2 is 2.00 bits per heavy atom. The number of nitrogens with zero attached hydrogens (tertiary/aromatic N) is 1. The molecule has 0 saturated heterocycles. The number of benzene rings is 1. The molecule has 1 atom stereocenters. The molecule has 3 rings (SSSR count). The molecule has 0 bridgehead atoms. The first kappa shape index (κ1) is 10.3. The molecule has 1 aromatic heterocycles. The number of nitrogen functional groups attached to an aromatic ring is 1. The summed E-state index contributed by atoms with van der Waals surface area (Å²) >= 11 is 0. The number of nitrogens with two attached hydrogens (primary N) is 1. The van der Waals surface area contributed by atoms with Crippen molar-refractivity contribution < 1.29 is 0 Å². The Labute approximate surface area is 102 Å². The summed E-state index contributed by atoms with van der Waals surface area (Å²) in [6, 6.07) is 12.7. The van der Waals surface area contributed by atoms with Crippen LogP contribution in [0.3, 0.4) is 0 Å². The molecule has 1 heterocycles. The number of hydrogen-bond acceptors (Lipinski definition) is 2. The third-order valence-corrected chi connectivity index (χ3v) is 3.56. The maximum atomic E-state index is 5.75. The summed E-state index contributed by atoms with van der Waals surface area (Å²) in [5, 5.41) is 0. The van der Waals surface area contributed by atoms with Gasteiger partial charge < -0.3 is 5.73 Å². The van der Waals surface area contributed by atoms with Crippen LogP contribution in [-0.2, 0) is 6.42 Å². The Morgan fingerprint density at radius 1 is 1.18 bits per heavy atom. The lowest BCUT2D eigenvalue weighted by Crippen LogP contribution is -2.12. The second-order valence-electron chi connectivity index (χ2n) is 4.66. The lowest BCUT2D eigenvalue weighted by atomic mass is 9.80. The van der Waals surface area contributed by atoms with E-state index in [0.717, 1.165) is 6.42 Å². The van der Waals surface area contributed by atoms with Gasteiger partial charge in [0, 0.05) is 12.1 Å². The topological polar surface area (TPSA) is 38.9 Å². The Kier molecular flexibility index (Phi) is 2.56. The predicted octanol–water partition coefficient (Wildman–Crippen LogP) is 3.13. The molecule has 1 aliphatic carbocycles. The average molecular weight is 224 g/mol. The van der Waals surface area contributed by atoms with Crippen LogP contribution >= 0.6 is 0 Å². The van der Waals surface area contributed by atoms with Crippen molar-refractivity contribution in [3.8, 4) is 0 Å². The number of fused-ring (bicyclic) bond motifs is 1. The highest BCUT2D eigenvalue weighted by atomic mass is 14.8. The van der Waals surface area contributed by atoms with Gasteiger partial charge in [0.05, 0.1) is 0 Å². The molecule has 86 valence electrons. The van der Waals surface area contributed by atoms with Crippen molar-refractivity contribution in [3.05, 3.63) is 59.3 Å². The molecule has 1 aromatic carbocycles. The van der Waals surface area contributed by atoms with Gasteiger partial charge in [-0.05, 0) is 42.0 Å². The number of pyridine rings is 1. The number of rotatable bonds is 1. The molecule has 0 aliphatic heterocycles. The van der Waals surface area contributed by atoms with E-state index in [-0.39, 0.29) is 0 Å². The average Bonchev–Trinajstić information content (AvgIpc) is 2.39. The molecule has 0 fully saturated rings. The minimum Gasteiger partial charge on any atom is -0.384 e. The molecule has 0 radical (unpaired) electrons. The second-order valence-corrected chi connectivity index (χ2v) is 4.66. The zero-order valence-corrected chi connectivity index (χ0v) is 9.76. The van der Waals surface area contributed by atoms with Crippen LogP contribution < -0.4 is 5.73 Å². The summed E-state index contributed by atoms with van der Waals surface area (Å²) in [5.41, 5.74) is 9.87. The Morgan fingerprint density at radius 3 is 2.82 bits per heavy atom. The van der Waals surface area contributed by atoms with Crippen molar-refractivity contribution in [2.24, 2.45) is 0 Å². The molecule has 17 heavy (non-hydrogen) atoms. The number of anilines is 1. The summed E-state index contributed by atoms with van der Waals surface area (Å²) < 4.78 is 0. The van der Waals surface area contributed by atoms with Crippen LogP contribution in [0.4, 0.5) is 5.82 Å². The lowest BCUT2D eigenvalue weighted by Gasteiger charge is -2.25. The second kappa shape index (κ2) is 4.21. The minimum absolute atomic E-state index is 0.494. The predicted molar refractivity (Wildman–Crippen MR) is 69.9 cm³/mol. The van der Waals surface area contributed by atoms with Crippen molar-refractivity contribution in [2.75, 3.05) is 5.73 Å². The lowest BCUT2D eigenvalue weighted by molar-refractivity contribution is 0.613. The molecule has 0 amide bonds. The maximum Gasteiger partial charge on any atom is 0.123 e. The van der Waals surface area contributed by atoms with E-state index in [4.69, 9.17) is 5.73 Å². The van der Waals surface area contributed by atoms with Gasteiger partial charge in [-0.2, -0.15) is 0 Å². The van der Waals surface area contributed by atoms with Gasteiger partial charge >= 0.3 is 0 Å². The highest BCUT2D eigenvalue weighted by molar-refractivity contribution is 5.43. The molecule has 1 aliphatic rings. The SMILES string of the molecule is Nc1cc2c(cn1)[C@H](c1ccccc1)CCC2.